The first-order valence-electron chi connectivity index (χ1n) is 7.59. The molecule has 2 heterocycles. The average Bonchev–Trinajstić information content (AvgIpc) is 3.08. The molecular formula is C19H20S2. The molecule has 0 saturated carbocycles. The fourth-order valence-electron chi connectivity index (χ4n) is 2.42. The van der Waals surface area contributed by atoms with E-state index in [1.807, 2.05) is 22.7 Å². The maximum Gasteiger partial charge on any atom is 0.0456 e. The maximum atomic E-state index is 2.28. The molecular weight excluding hydrogens is 292 g/mol. The van der Waals surface area contributed by atoms with Crippen molar-refractivity contribution in [3.05, 3.63) is 57.8 Å². The molecule has 0 amide bonds. The summed E-state index contributed by atoms with van der Waals surface area (Å²) in [6.45, 7) is 2.25. The number of hydrogen-bond acceptors (Lipinski definition) is 2. The molecule has 108 valence electrons. The van der Waals surface area contributed by atoms with Crippen molar-refractivity contribution in [2.75, 3.05) is 0 Å². The normalized spacial score (nSPS) is 11.7. The van der Waals surface area contributed by atoms with Crippen molar-refractivity contribution in [3.8, 4) is 0 Å². The first-order chi connectivity index (χ1) is 10.3. The van der Waals surface area contributed by atoms with Crippen LogP contribution in [0.5, 0.6) is 0 Å². The lowest BCUT2D eigenvalue weighted by Crippen LogP contribution is -1.85. The molecule has 0 nitrogen and oxygen atoms in total. The van der Waals surface area contributed by atoms with Crippen molar-refractivity contribution < 1.29 is 0 Å². The van der Waals surface area contributed by atoms with E-state index >= 15 is 0 Å². The molecule has 3 aromatic rings. The second kappa shape index (κ2) is 7.06. The minimum Gasteiger partial charge on any atom is -0.143 e. The molecule has 0 aliphatic heterocycles. The van der Waals surface area contributed by atoms with Gasteiger partial charge < -0.3 is 0 Å². The number of benzene rings is 1. The topological polar surface area (TPSA) is 0 Å². The monoisotopic (exact) mass is 312 g/mol. The van der Waals surface area contributed by atoms with E-state index in [1.54, 1.807) is 0 Å². The first-order valence-corrected chi connectivity index (χ1v) is 9.29. The van der Waals surface area contributed by atoms with Crippen LogP contribution in [0.2, 0.25) is 0 Å². The largest absolute Gasteiger partial charge is 0.143 e. The quantitative estimate of drug-likeness (QED) is 0.436. The van der Waals surface area contributed by atoms with Crippen molar-refractivity contribution in [1.82, 2.24) is 0 Å². The van der Waals surface area contributed by atoms with E-state index in [4.69, 9.17) is 0 Å². The van der Waals surface area contributed by atoms with Gasteiger partial charge in [-0.25, -0.2) is 0 Å². The number of aryl methyl sites for hydroxylation is 1. The van der Waals surface area contributed by atoms with Gasteiger partial charge in [0.2, 0.25) is 0 Å². The molecule has 0 radical (unpaired) electrons. The van der Waals surface area contributed by atoms with Gasteiger partial charge in [-0.05, 0) is 47.6 Å². The molecule has 1 aromatic carbocycles. The molecule has 0 spiro atoms. The van der Waals surface area contributed by atoms with Gasteiger partial charge in [-0.3, -0.25) is 0 Å². The van der Waals surface area contributed by atoms with Crippen LogP contribution in [-0.2, 0) is 6.42 Å². The number of thiophene rings is 2. The Kier molecular flexibility index (Phi) is 4.89. The highest BCUT2D eigenvalue weighted by Crippen LogP contribution is 2.31. The van der Waals surface area contributed by atoms with E-state index in [1.165, 1.54) is 51.1 Å². The highest BCUT2D eigenvalue weighted by molar-refractivity contribution is 7.27. The highest BCUT2D eigenvalue weighted by Gasteiger charge is 1.99. The van der Waals surface area contributed by atoms with Gasteiger partial charge in [0.05, 0.1) is 0 Å². The summed E-state index contributed by atoms with van der Waals surface area (Å²) in [5, 5.41) is 2.16. The van der Waals surface area contributed by atoms with Gasteiger partial charge in [0.15, 0.2) is 0 Å². The van der Waals surface area contributed by atoms with Crippen molar-refractivity contribution in [2.24, 2.45) is 0 Å². The molecule has 0 fully saturated rings. The number of rotatable bonds is 6. The lowest BCUT2D eigenvalue weighted by molar-refractivity contribution is 0.717. The SMILES string of the molecule is CCCCCc1ccc(C=Cc2cc3sccc3s2)cc1. The fraction of sp³-hybridized carbons (Fsp3) is 0.263. The van der Waals surface area contributed by atoms with Gasteiger partial charge in [-0.2, -0.15) is 0 Å². The van der Waals surface area contributed by atoms with Crippen LogP contribution in [0.25, 0.3) is 21.6 Å². The van der Waals surface area contributed by atoms with Crippen molar-refractivity contribution in [1.29, 1.82) is 0 Å². The maximum absolute atomic E-state index is 2.28. The Hall–Kier alpha value is -1.38. The Morgan fingerprint density at radius 1 is 0.952 bits per heavy atom. The van der Waals surface area contributed by atoms with Gasteiger partial charge in [0.25, 0.3) is 0 Å². The lowest BCUT2D eigenvalue weighted by Gasteiger charge is -2.01. The second-order valence-electron chi connectivity index (χ2n) is 5.33. The second-order valence-corrected chi connectivity index (χ2v) is 7.39. The minimum absolute atomic E-state index is 1.21. The number of unbranched alkanes of at least 4 members (excludes halogenated alkanes) is 2. The Morgan fingerprint density at radius 3 is 2.57 bits per heavy atom. The van der Waals surface area contributed by atoms with Crippen molar-refractivity contribution in [2.45, 2.75) is 32.6 Å². The molecule has 0 bridgehead atoms. The van der Waals surface area contributed by atoms with Crippen molar-refractivity contribution in [3.63, 3.8) is 0 Å². The van der Waals surface area contributed by atoms with E-state index in [0.29, 0.717) is 0 Å². The van der Waals surface area contributed by atoms with Crippen LogP contribution < -0.4 is 0 Å². The zero-order chi connectivity index (χ0) is 14.5. The van der Waals surface area contributed by atoms with Crippen LogP contribution >= 0.6 is 22.7 Å². The summed E-state index contributed by atoms with van der Waals surface area (Å²) in [5.74, 6) is 0. The third-order valence-electron chi connectivity index (χ3n) is 3.65. The lowest BCUT2D eigenvalue weighted by atomic mass is 10.1. The molecule has 0 aliphatic carbocycles. The smallest absolute Gasteiger partial charge is 0.0456 e. The predicted octanol–water partition coefficient (Wildman–Crippen LogP) is 6.87. The minimum atomic E-state index is 1.21. The third-order valence-corrected chi connectivity index (χ3v) is 5.71. The van der Waals surface area contributed by atoms with E-state index in [0.717, 1.165) is 0 Å². The first kappa shape index (κ1) is 14.6. The van der Waals surface area contributed by atoms with Crippen LogP contribution in [0.15, 0.2) is 41.8 Å². The highest BCUT2D eigenvalue weighted by atomic mass is 32.1. The van der Waals surface area contributed by atoms with E-state index in [9.17, 15) is 0 Å². The molecule has 0 N–H and O–H groups in total. The molecule has 0 aliphatic rings. The van der Waals surface area contributed by atoms with Crippen LogP contribution in [0.1, 0.15) is 42.2 Å². The molecule has 3 rings (SSSR count). The summed E-state index contributed by atoms with van der Waals surface area (Å²) >= 11 is 3.68. The summed E-state index contributed by atoms with van der Waals surface area (Å²) in [5.41, 5.74) is 2.74. The van der Waals surface area contributed by atoms with Gasteiger partial charge in [0.1, 0.15) is 0 Å². The summed E-state index contributed by atoms with van der Waals surface area (Å²) in [7, 11) is 0. The summed E-state index contributed by atoms with van der Waals surface area (Å²) in [4.78, 5) is 1.34. The number of hydrogen-bond donors (Lipinski definition) is 0. The Balaban J connectivity index is 1.64. The molecule has 0 atom stereocenters. The van der Waals surface area contributed by atoms with E-state index < -0.39 is 0 Å². The van der Waals surface area contributed by atoms with Gasteiger partial charge in [0, 0.05) is 14.3 Å². The standard InChI is InChI=1S/C19H20S2/c1-2-3-4-5-15-6-8-16(9-7-15)10-11-17-14-19-18(21-17)12-13-20-19/h6-14H,2-5H2,1H3. The summed E-state index contributed by atoms with van der Waals surface area (Å²) in [6, 6.07) is 13.5. The van der Waals surface area contributed by atoms with Crippen LogP contribution in [0.4, 0.5) is 0 Å². The zero-order valence-electron chi connectivity index (χ0n) is 12.3. The van der Waals surface area contributed by atoms with Crippen LogP contribution in [-0.4, -0.2) is 0 Å². The molecule has 2 heteroatoms. The average molecular weight is 313 g/mol. The number of fused-ring (bicyclic) bond motifs is 1. The Labute approximate surface area is 134 Å². The Morgan fingerprint density at radius 2 is 1.81 bits per heavy atom. The van der Waals surface area contributed by atoms with Crippen molar-refractivity contribution >= 4 is 44.2 Å². The molecule has 0 unspecified atom stereocenters. The summed E-state index contributed by atoms with van der Waals surface area (Å²) in [6.07, 6.45) is 9.57. The van der Waals surface area contributed by atoms with Gasteiger partial charge in [-0.15, -0.1) is 22.7 Å². The van der Waals surface area contributed by atoms with Gasteiger partial charge in [-0.1, -0.05) is 50.1 Å². The third kappa shape index (κ3) is 3.84. The van der Waals surface area contributed by atoms with E-state index in [-0.39, 0.29) is 0 Å². The summed E-state index contributed by atoms with van der Waals surface area (Å²) < 4.78 is 2.79. The van der Waals surface area contributed by atoms with Gasteiger partial charge >= 0.3 is 0 Å². The Bertz CT molecular complexity index is 685. The van der Waals surface area contributed by atoms with Crippen LogP contribution in [0, 0.1) is 0 Å². The van der Waals surface area contributed by atoms with E-state index in [2.05, 4.69) is 60.9 Å². The van der Waals surface area contributed by atoms with Crippen LogP contribution in [0.3, 0.4) is 0 Å². The zero-order valence-corrected chi connectivity index (χ0v) is 14.0. The molecule has 21 heavy (non-hydrogen) atoms. The predicted molar refractivity (Wildman–Crippen MR) is 98.3 cm³/mol. The fourth-order valence-corrected chi connectivity index (χ4v) is 4.44. The molecule has 0 saturated heterocycles. The molecule has 2 aromatic heterocycles.